The summed E-state index contributed by atoms with van der Waals surface area (Å²) >= 11 is 0. The Balaban J connectivity index is 2.69. The highest BCUT2D eigenvalue weighted by Crippen LogP contribution is 2.16. The molecule has 0 aliphatic rings. The van der Waals surface area contributed by atoms with Gasteiger partial charge in [0.1, 0.15) is 0 Å². The maximum atomic E-state index is 11.9. The van der Waals surface area contributed by atoms with E-state index in [1.165, 1.54) is 0 Å². The van der Waals surface area contributed by atoms with E-state index in [1.807, 2.05) is 42.5 Å². The first kappa shape index (κ1) is 10.7. The van der Waals surface area contributed by atoms with Crippen LogP contribution >= 0.6 is 0 Å². The largest absolute Gasteiger partial charge is 0.281 e. The van der Waals surface area contributed by atoms with Gasteiger partial charge >= 0.3 is 0 Å². The molecule has 1 aromatic heterocycles. The summed E-state index contributed by atoms with van der Waals surface area (Å²) in [4.78, 5) is 11.9. The fourth-order valence-electron chi connectivity index (χ4n) is 1.81. The number of hydrogen-bond acceptors (Lipinski definition) is 1. The molecule has 0 bridgehead atoms. The first-order chi connectivity index (χ1) is 7.70. The monoisotopic (exact) mass is 213 g/mol. The van der Waals surface area contributed by atoms with Gasteiger partial charge in [0.15, 0.2) is 0 Å². The van der Waals surface area contributed by atoms with Crippen molar-refractivity contribution in [2.75, 3.05) is 0 Å². The number of benzene rings is 1. The molecule has 0 amide bonds. The van der Waals surface area contributed by atoms with E-state index in [2.05, 4.69) is 13.8 Å². The normalized spacial score (nSPS) is 10.7. The van der Waals surface area contributed by atoms with Crippen LogP contribution in [0.4, 0.5) is 0 Å². The molecule has 82 valence electrons. The van der Waals surface area contributed by atoms with Crippen LogP contribution in [0.3, 0.4) is 0 Å². The zero-order chi connectivity index (χ0) is 11.5. The third-order valence-electron chi connectivity index (χ3n) is 2.59. The number of pyridine rings is 1. The molecule has 0 N–H and O–H groups in total. The van der Waals surface area contributed by atoms with Gasteiger partial charge in [0.05, 0.1) is 0 Å². The van der Waals surface area contributed by atoms with E-state index in [0.717, 1.165) is 11.4 Å². The van der Waals surface area contributed by atoms with E-state index < -0.39 is 0 Å². The Morgan fingerprint density at radius 1 is 0.938 bits per heavy atom. The minimum atomic E-state index is 0.0254. The molecule has 0 spiro atoms. The third-order valence-corrected chi connectivity index (χ3v) is 2.59. The summed E-state index contributed by atoms with van der Waals surface area (Å²) in [5.74, 6) is 0.328. The predicted octanol–water partition coefficient (Wildman–Crippen LogP) is 2.96. The number of rotatable bonds is 2. The lowest BCUT2D eigenvalue weighted by atomic mass is 10.1. The van der Waals surface area contributed by atoms with Crippen molar-refractivity contribution >= 4 is 0 Å². The lowest BCUT2D eigenvalue weighted by molar-refractivity contribution is 0.759. The zero-order valence-corrected chi connectivity index (χ0v) is 9.55. The van der Waals surface area contributed by atoms with Crippen LogP contribution in [-0.2, 0) is 0 Å². The van der Waals surface area contributed by atoms with Gasteiger partial charge in [-0.2, -0.15) is 0 Å². The highest BCUT2D eigenvalue weighted by Gasteiger charge is 2.08. The van der Waals surface area contributed by atoms with Gasteiger partial charge in [-0.1, -0.05) is 38.1 Å². The van der Waals surface area contributed by atoms with Gasteiger partial charge in [0, 0.05) is 17.4 Å². The second-order valence-electron chi connectivity index (χ2n) is 4.11. The summed E-state index contributed by atoms with van der Waals surface area (Å²) in [7, 11) is 0. The maximum Gasteiger partial charge on any atom is 0.255 e. The van der Waals surface area contributed by atoms with Crippen LogP contribution in [0.25, 0.3) is 5.69 Å². The standard InChI is InChI=1S/C14H15NO/c1-11(2)13-9-6-10-14(16)15(13)12-7-4-3-5-8-12/h3-11H,1-2H3. The van der Waals surface area contributed by atoms with Gasteiger partial charge in [-0.05, 0) is 24.1 Å². The summed E-state index contributed by atoms with van der Waals surface area (Å²) in [6.07, 6.45) is 0. The van der Waals surface area contributed by atoms with Crippen molar-refractivity contribution in [1.29, 1.82) is 0 Å². The first-order valence-electron chi connectivity index (χ1n) is 5.47. The van der Waals surface area contributed by atoms with Crippen LogP contribution in [0.15, 0.2) is 53.3 Å². The van der Waals surface area contributed by atoms with E-state index in [4.69, 9.17) is 0 Å². The smallest absolute Gasteiger partial charge is 0.255 e. The highest BCUT2D eigenvalue weighted by atomic mass is 16.1. The van der Waals surface area contributed by atoms with Crippen molar-refractivity contribution in [1.82, 2.24) is 4.57 Å². The molecule has 16 heavy (non-hydrogen) atoms. The van der Waals surface area contributed by atoms with Crippen molar-refractivity contribution in [2.24, 2.45) is 0 Å². The van der Waals surface area contributed by atoms with Crippen LogP contribution in [0, 0.1) is 0 Å². The quantitative estimate of drug-likeness (QED) is 0.751. The number of hydrogen-bond donors (Lipinski definition) is 0. The molecule has 1 heterocycles. The van der Waals surface area contributed by atoms with Crippen molar-refractivity contribution in [3.8, 4) is 5.69 Å². The summed E-state index contributed by atoms with van der Waals surface area (Å²) in [6, 6.07) is 15.2. The Labute approximate surface area is 95.2 Å². The molecular weight excluding hydrogens is 198 g/mol. The van der Waals surface area contributed by atoms with E-state index in [9.17, 15) is 4.79 Å². The number of nitrogens with zero attached hydrogens (tertiary/aromatic N) is 1. The second-order valence-corrected chi connectivity index (χ2v) is 4.11. The van der Waals surface area contributed by atoms with Gasteiger partial charge in [-0.3, -0.25) is 9.36 Å². The highest BCUT2D eigenvalue weighted by molar-refractivity contribution is 5.34. The van der Waals surface area contributed by atoms with Gasteiger partial charge < -0.3 is 0 Å². The molecule has 0 saturated heterocycles. The van der Waals surface area contributed by atoms with E-state index in [1.54, 1.807) is 10.6 Å². The lowest BCUT2D eigenvalue weighted by Gasteiger charge is -2.14. The van der Waals surface area contributed by atoms with Crippen molar-refractivity contribution in [2.45, 2.75) is 19.8 Å². The average molecular weight is 213 g/mol. The number of para-hydroxylation sites is 1. The Morgan fingerprint density at radius 2 is 1.62 bits per heavy atom. The predicted molar refractivity (Wildman–Crippen MR) is 66.1 cm³/mol. The minimum Gasteiger partial charge on any atom is -0.281 e. The molecule has 0 aliphatic heterocycles. The Kier molecular flexibility index (Phi) is 2.91. The number of aromatic nitrogens is 1. The summed E-state index contributed by atoms with van der Waals surface area (Å²) in [6.45, 7) is 4.18. The molecule has 2 aromatic rings. The third kappa shape index (κ3) is 1.91. The molecule has 2 rings (SSSR count). The lowest BCUT2D eigenvalue weighted by Crippen LogP contribution is -2.21. The minimum absolute atomic E-state index is 0.0254. The van der Waals surface area contributed by atoms with Crippen molar-refractivity contribution in [3.05, 3.63) is 64.6 Å². The van der Waals surface area contributed by atoms with Crippen LogP contribution in [0.5, 0.6) is 0 Å². The molecule has 2 heteroatoms. The SMILES string of the molecule is CC(C)c1cccc(=O)n1-c1ccccc1. The van der Waals surface area contributed by atoms with E-state index >= 15 is 0 Å². The average Bonchev–Trinajstić information content (AvgIpc) is 2.29. The molecular formula is C14H15NO. The van der Waals surface area contributed by atoms with E-state index in [-0.39, 0.29) is 5.56 Å². The molecule has 0 saturated carbocycles. The van der Waals surface area contributed by atoms with Crippen LogP contribution in [0.1, 0.15) is 25.5 Å². The Morgan fingerprint density at radius 3 is 2.25 bits per heavy atom. The van der Waals surface area contributed by atoms with Gasteiger partial charge in [-0.15, -0.1) is 0 Å². The Bertz CT molecular complexity index is 526. The maximum absolute atomic E-state index is 11.9. The van der Waals surface area contributed by atoms with Gasteiger partial charge in [0.25, 0.3) is 5.56 Å². The Hall–Kier alpha value is -1.83. The van der Waals surface area contributed by atoms with Crippen LogP contribution in [-0.4, -0.2) is 4.57 Å². The van der Waals surface area contributed by atoms with Gasteiger partial charge in [0.2, 0.25) is 0 Å². The molecule has 0 radical (unpaired) electrons. The first-order valence-corrected chi connectivity index (χ1v) is 5.47. The second kappa shape index (κ2) is 4.35. The molecule has 0 atom stereocenters. The van der Waals surface area contributed by atoms with Crippen molar-refractivity contribution < 1.29 is 0 Å². The van der Waals surface area contributed by atoms with Crippen LogP contribution in [0.2, 0.25) is 0 Å². The molecule has 0 aliphatic carbocycles. The van der Waals surface area contributed by atoms with Crippen molar-refractivity contribution in [3.63, 3.8) is 0 Å². The fraction of sp³-hybridized carbons (Fsp3) is 0.214. The summed E-state index contributed by atoms with van der Waals surface area (Å²) < 4.78 is 1.77. The molecule has 1 aromatic carbocycles. The van der Waals surface area contributed by atoms with E-state index in [0.29, 0.717) is 5.92 Å². The molecule has 2 nitrogen and oxygen atoms in total. The van der Waals surface area contributed by atoms with Crippen LogP contribution < -0.4 is 5.56 Å². The van der Waals surface area contributed by atoms with Gasteiger partial charge in [-0.25, -0.2) is 0 Å². The fourth-order valence-corrected chi connectivity index (χ4v) is 1.81. The zero-order valence-electron chi connectivity index (χ0n) is 9.55. The summed E-state index contributed by atoms with van der Waals surface area (Å²) in [5, 5.41) is 0. The summed E-state index contributed by atoms with van der Waals surface area (Å²) in [5.41, 5.74) is 1.99. The molecule has 0 fully saturated rings. The topological polar surface area (TPSA) is 22.0 Å². The molecule has 0 unspecified atom stereocenters.